The van der Waals surface area contributed by atoms with Gasteiger partial charge in [0.1, 0.15) is 11.6 Å². The van der Waals surface area contributed by atoms with E-state index in [2.05, 4.69) is 15.6 Å². The molecule has 31 heavy (non-hydrogen) atoms. The van der Waals surface area contributed by atoms with Crippen LogP contribution in [0.5, 0.6) is 5.75 Å². The number of anilines is 1. The largest absolute Gasteiger partial charge is 0.494 e. The molecule has 0 aliphatic rings. The highest BCUT2D eigenvalue weighted by molar-refractivity contribution is 5.89. The van der Waals surface area contributed by atoms with E-state index in [-0.39, 0.29) is 17.8 Å². The predicted octanol–water partition coefficient (Wildman–Crippen LogP) is 5.66. The first-order valence-electron chi connectivity index (χ1n) is 10.2. The molecule has 0 unspecified atom stereocenters. The van der Waals surface area contributed by atoms with Crippen molar-refractivity contribution in [1.82, 2.24) is 10.3 Å². The number of urea groups is 1. The van der Waals surface area contributed by atoms with Crippen LogP contribution >= 0.6 is 0 Å². The number of para-hydroxylation sites is 1. The molecule has 5 nitrogen and oxygen atoms in total. The molecule has 2 amide bonds. The van der Waals surface area contributed by atoms with E-state index in [1.54, 1.807) is 24.3 Å². The van der Waals surface area contributed by atoms with Gasteiger partial charge in [-0.15, -0.1) is 0 Å². The number of rotatable bonds is 7. The van der Waals surface area contributed by atoms with Crippen molar-refractivity contribution in [2.24, 2.45) is 0 Å². The number of nitrogens with one attached hydrogen (secondary N) is 3. The number of amides is 2. The van der Waals surface area contributed by atoms with Crippen LogP contribution in [0.1, 0.15) is 24.0 Å². The van der Waals surface area contributed by atoms with Gasteiger partial charge in [0, 0.05) is 35.2 Å². The van der Waals surface area contributed by atoms with Gasteiger partial charge >= 0.3 is 6.03 Å². The molecule has 0 saturated carbocycles. The number of ether oxygens (including phenoxy) is 1. The van der Waals surface area contributed by atoms with E-state index < -0.39 is 0 Å². The first-order chi connectivity index (χ1) is 15.1. The van der Waals surface area contributed by atoms with E-state index in [4.69, 9.17) is 4.74 Å². The van der Waals surface area contributed by atoms with Crippen LogP contribution in [0.4, 0.5) is 14.9 Å². The second kappa shape index (κ2) is 9.34. The molecule has 0 bridgehead atoms. The number of aromatic amines is 1. The molecular weight excluding hydrogens is 393 g/mol. The molecule has 1 atom stereocenters. The quantitative estimate of drug-likeness (QED) is 0.363. The molecule has 158 valence electrons. The molecule has 6 heteroatoms. The maximum Gasteiger partial charge on any atom is 0.319 e. The van der Waals surface area contributed by atoms with Gasteiger partial charge in [-0.3, -0.25) is 0 Å². The van der Waals surface area contributed by atoms with Crippen LogP contribution in [0, 0.1) is 5.82 Å². The van der Waals surface area contributed by atoms with E-state index >= 15 is 0 Å². The van der Waals surface area contributed by atoms with Gasteiger partial charge < -0.3 is 20.4 Å². The van der Waals surface area contributed by atoms with Crippen LogP contribution in [-0.2, 0) is 0 Å². The second-order valence-electron chi connectivity index (χ2n) is 7.19. The van der Waals surface area contributed by atoms with Crippen molar-refractivity contribution >= 4 is 22.6 Å². The number of carbonyl (C=O) groups excluding carboxylic acids is 1. The Morgan fingerprint density at radius 1 is 1.03 bits per heavy atom. The monoisotopic (exact) mass is 417 g/mol. The van der Waals surface area contributed by atoms with Gasteiger partial charge in [0.25, 0.3) is 0 Å². The Kier molecular flexibility index (Phi) is 6.17. The molecule has 4 rings (SSSR count). The number of H-pyrrole nitrogens is 1. The van der Waals surface area contributed by atoms with Crippen LogP contribution in [0.2, 0.25) is 0 Å². The Hall–Kier alpha value is -3.80. The third-order valence-electron chi connectivity index (χ3n) is 5.16. The van der Waals surface area contributed by atoms with E-state index in [9.17, 15) is 9.18 Å². The third-order valence-corrected chi connectivity index (χ3v) is 5.16. The summed E-state index contributed by atoms with van der Waals surface area (Å²) in [5, 5.41) is 6.86. The lowest BCUT2D eigenvalue weighted by Gasteiger charge is -2.18. The van der Waals surface area contributed by atoms with Gasteiger partial charge in [-0.2, -0.15) is 0 Å². The summed E-state index contributed by atoms with van der Waals surface area (Å²) in [6, 6.07) is 21.3. The molecule has 1 aromatic heterocycles. The molecule has 4 aromatic rings. The average molecular weight is 417 g/mol. The van der Waals surface area contributed by atoms with Gasteiger partial charge in [-0.25, -0.2) is 9.18 Å². The van der Waals surface area contributed by atoms with Crippen molar-refractivity contribution < 1.29 is 13.9 Å². The molecule has 0 saturated heterocycles. The van der Waals surface area contributed by atoms with Crippen LogP contribution in [0.25, 0.3) is 10.9 Å². The lowest BCUT2D eigenvalue weighted by molar-refractivity contribution is 0.252. The predicted molar refractivity (Wildman–Crippen MR) is 121 cm³/mol. The minimum atomic E-state index is -0.309. The van der Waals surface area contributed by atoms with Gasteiger partial charge in [0.05, 0.1) is 6.61 Å². The second-order valence-corrected chi connectivity index (χ2v) is 7.19. The highest BCUT2D eigenvalue weighted by atomic mass is 19.1. The van der Waals surface area contributed by atoms with Crippen molar-refractivity contribution in [3.8, 4) is 5.75 Å². The molecular formula is C25H24FN3O2. The minimum Gasteiger partial charge on any atom is -0.494 e. The summed E-state index contributed by atoms with van der Waals surface area (Å²) in [6.45, 7) is 2.87. The van der Waals surface area contributed by atoms with Crippen molar-refractivity contribution in [3.05, 3.63) is 95.9 Å². The van der Waals surface area contributed by atoms with Gasteiger partial charge in [0.15, 0.2) is 0 Å². The zero-order valence-corrected chi connectivity index (χ0v) is 17.2. The van der Waals surface area contributed by atoms with Gasteiger partial charge in [-0.05, 0) is 60.5 Å². The van der Waals surface area contributed by atoms with Crippen LogP contribution in [0.15, 0.2) is 79.0 Å². The fraction of sp³-hybridized carbons (Fsp3) is 0.160. The average Bonchev–Trinajstić information content (AvgIpc) is 3.21. The Bertz CT molecular complexity index is 1150. The van der Waals surface area contributed by atoms with Crippen molar-refractivity contribution in [2.75, 3.05) is 18.5 Å². The lowest BCUT2D eigenvalue weighted by Crippen LogP contribution is -2.32. The van der Waals surface area contributed by atoms with E-state index in [0.717, 1.165) is 27.8 Å². The van der Waals surface area contributed by atoms with Crippen molar-refractivity contribution in [2.45, 2.75) is 12.8 Å². The van der Waals surface area contributed by atoms with Crippen LogP contribution in [-0.4, -0.2) is 24.2 Å². The summed E-state index contributed by atoms with van der Waals surface area (Å²) in [5.74, 6) is 0.328. The van der Waals surface area contributed by atoms with Gasteiger partial charge in [0.2, 0.25) is 0 Å². The molecule has 0 aliphatic carbocycles. The number of benzene rings is 3. The molecule has 3 aromatic carbocycles. The number of halogens is 1. The Labute approximate surface area is 180 Å². The summed E-state index contributed by atoms with van der Waals surface area (Å²) in [4.78, 5) is 15.8. The highest BCUT2D eigenvalue weighted by Gasteiger charge is 2.19. The zero-order valence-electron chi connectivity index (χ0n) is 17.2. The van der Waals surface area contributed by atoms with Crippen molar-refractivity contribution in [1.29, 1.82) is 0 Å². The Morgan fingerprint density at radius 2 is 1.77 bits per heavy atom. The molecule has 0 aliphatic heterocycles. The summed E-state index contributed by atoms with van der Waals surface area (Å²) < 4.78 is 18.9. The number of fused-ring (bicyclic) bond motifs is 1. The fourth-order valence-electron chi connectivity index (χ4n) is 3.66. The molecule has 3 N–H and O–H groups in total. The lowest BCUT2D eigenvalue weighted by atomic mass is 9.91. The van der Waals surface area contributed by atoms with Crippen LogP contribution < -0.4 is 15.4 Å². The number of hydrogen-bond donors (Lipinski definition) is 3. The summed E-state index contributed by atoms with van der Waals surface area (Å²) in [6.07, 6.45) is 1.95. The first-order valence-corrected chi connectivity index (χ1v) is 10.2. The number of hydrogen-bond acceptors (Lipinski definition) is 2. The summed E-state index contributed by atoms with van der Waals surface area (Å²) in [5.41, 5.74) is 3.66. The Balaban J connectivity index is 1.51. The molecule has 0 spiro atoms. The normalized spacial score (nSPS) is 11.8. The standard InChI is InChI=1S/C25H24FN3O2/c1-2-31-20-13-11-19(12-14-20)29-25(30)28-15-22(17-7-9-18(26)10-8-17)23-16-27-24-6-4-3-5-21(23)24/h3-14,16,22,27H,2,15H2,1H3,(H2,28,29,30)/t22-/m1/s1. The maximum atomic E-state index is 13.5. The van der Waals surface area contributed by atoms with Crippen LogP contribution in [0.3, 0.4) is 0 Å². The van der Waals surface area contributed by atoms with Crippen molar-refractivity contribution in [3.63, 3.8) is 0 Å². The smallest absolute Gasteiger partial charge is 0.319 e. The van der Waals surface area contributed by atoms with E-state index in [1.807, 2.05) is 49.5 Å². The van der Waals surface area contributed by atoms with E-state index in [0.29, 0.717) is 18.8 Å². The first kappa shape index (κ1) is 20.5. The molecule has 0 radical (unpaired) electrons. The molecule has 1 heterocycles. The maximum absolute atomic E-state index is 13.5. The third kappa shape index (κ3) is 4.86. The topological polar surface area (TPSA) is 66.2 Å². The SMILES string of the molecule is CCOc1ccc(NC(=O)NC[C@H](c2ccc(F)cc2)c2c[nH]c3ccccc23)cc1. The number of carbonyl (C=O) groups is 1. The minimum absolute atomic E-state index is 0.136. The Morgan fingerprint density at radius 3 is 2.52 bits per heavy atom. The fourth-order valence-corrected chi connectivity index (χ4v) is 3.66. The number of aromatic nitrogens is 1. The zero-order chi connectivity index (χ0) is 21.6. The highest BCUT2D eigenvalue weighted by Crippen LogP contribution is 2.30. The summed E-state index contributed by atoms with van der Waals surface area (Å²) in [7, 11) is 0. The summed E-state index contributed by atoms with van der Waals surface area (Å²) >= 11 is 0. The van der Waals surface area contributed by atoms with Gasteiger partial charge in [-0.1, -0.05) is 30.3 Å². The van der Waals surface area contributed by atoms with E-state index in [1.165, 1.54) is 12.1 Å². The molecule has 0 fully saturated rings.